The third kappa shape index (κ3) is 3.58. The van der Waals surface area contributed by atoms with Gasteiger partial charge in [-0.2, -0.15) is 8.78 Å². The number of hydrogen-bond acceptors (Lipinski definition) is 2. The van der Waals surface area contributed by atoms with E-state index < -0.39 is 46.4 Å². The van der Waals surface area contributed by atoms with E-state index in [1.807, 2.05) is 0 Å². The molecule has 0 spiro atoms. The minimum absolute atomic E-state index is 0.0879. The summed E-state index contributed by atoms with van der Waals surface area (Å²) >= 11 is 0. The van der Waals surface area contributed by atoms with Gasteiger partial charge in [-0.15, -0.1) is 0 Å². The zero-order chi connectivity index (χ0) is 22.3. The van der Waals surface area contributed by atoms with E-state index in [9.17, 15) is 26.3 Å². The van der Waals surface area contributed by atoms with Gasteiger partial charge in [0.15, 0.2) is 23.3 Å². The molecule has 0 heterocycles. The van der Waals surface area contributed by atoms with E-state index in [1.54, 1.807) is 0 Å². The second kappa shape index (κ2) is 7.93. The number of hydrogen-bond donors (Lipinski definition) is 0. The van der Waals surface area contributed by atoms with Crippen LogP contribution in [0.4, 0.5) is 26.3 Å². The van der Waals surface area contributed by atoms with Crippen LogP contribution in [0.1, 0.15) is 22.3 Å². The van der Waals surface area contributed by atoms with E-state index in [4.69, 9.17) is 9.47 Å². The molecule has 0 atom stereocenters. The molecule has 0 unspecified atom stereocenters. The summed E-state index contributed by atoms with van der Waals surface area (Å²) in [6.07, 6.45) is 0. The summed E-state index contributed by atoms with van der Waals surface area (Å²) in [5.74, 6) is -9.54. The molecule has 0 bridgehead atoms. The van der Waals surface area contributed by atoms with Crippen molar-refractivity contribution in [2.24, 2.45) is 0 Å². The molecule has 158 valence electrons. The van der Waals surface area contributed by atoms with Crippen LogP contribution in [-0.2, 0) is 0 Å². The smallest absolute Gasteiger partial charge is 0.204 e. The standard InChI is InChI=1S/C22H16F6O2/c1-9-11(3)17(25)21(19(27)15(9)23)29-13-5-7-14(8-6-13)30-22-18(26)12(4)10(2)16(24)20(22)28/h5-8H,1-4H3. The third-order valence-corrected chi connectivity index (χ3v) is 4.89. The van der Waals surface area contributed by atoms with Gasteiger partial charge in [-0.1, -0.05) is 0 Å². The highest BCUT2D eigenvalue weighted by Gasteiger charge is 2.24. The molecule has 3 rings (SSSR count). The van der Waals surface area contributed by atoms with Crippen LogP contribution in [0.25, 0.3) is 0 Å². The maximum atomic E-state index is 14.3. The van der Waals surface area contributed by atoms with E-state index in [-0.39, 0.29) is 33.8 Å². The highest BCUT2D eigenvalue weighted by molar-refractivity contribution is 5.44. The van der Waals surface area contributed by atoms with E-state index in [0.717, 1.165) is 0 Å². The molecule has 0 fully saturated rings. The topological polar surface area (TPSA) is 18.5 Å². The Kier molecular flexibility index (Phi) is 5.70. The Hall–Kier alpha value is -3.16. The first-order valence-electron chi connectivity index (χ1n) is 8.77. The largest absolute Gasteiger partial charge is 0.451 e. The molecular weight excluding hydrogens is 410 g/mol. The van der Waals surface area contributed by atoms with Crippen LogP contribution in [0.5, 0.6) is 23.0 Å². The van der Waals surface area contributed by atoms with Crippen molar-refractivity contribution < 1.29 is 35.8 Å². The molecule has 0 aliphatic heterocycles. The van der Waals surface area contributed by atoms with Crippen LogP contribution < -0.4 is 9.47 Å². The van der Waals surface area contributed by atoms with Crippen LogP contribution in [0.3, 0.4) is 0 Å². The van der Waals surface area contributed by atoms with Gasteiger partial charge in [0.25, 0.3) is 0 Å². The average molecular weight is 426 g/mol. The van der Waals surface area contributed by atoms with Gasteiger partial charge >= 0.3 is 0 Å². The van der Waals surface area contributed by atoms with Crippen LogP contribution >= 0.6 is 0 Å². The molecule has 0 aliphatic carbocycles. The van der Waals surface area contributed by atoms with E-state index in [2.05, 4.69) is 0 Å². The van der Waals surface area contributed by atoms with Crippen LogP contribution in [0, 0.1) is 62.6 Å². The summed E-state index contributed by atoms with van der Waals surface area (Å²) in [6.45, 7) is 5.03. The Bertz CT molecular complexity index is 991. The van der Waals surface area contributed by atoms with E-state index >= 15 is 0 Å². The number of ether oxygens (including phenoxy) is 2. The Labute approximate surface area is 168 Å². The van der Waals surface area contributed by atoms with Gasteiger partial charge in [-0.05, 0) is 74.2 Å². The van der Waals surface area contributed by atoms with Crippen LogP contribution in [0.15, 0.2) is 24.3 Å². The van der Waals surface area contributed by atoms with Gasteiger partial charge in [0.2, 0.25) is 23.1 Å². The highest BCUT2D eigenvalue weighted by atomic mass is 19.2. The van der Waals surface area contributed by atoms with Gasteiger partial charge < -0.3 is 9.47 Å². The van der Waals surface area contributed by atoms with Crippen molar-refractivity contribution in [2.45, 2.75) is 27.7 Å². The third-order valence-electron chi connectivity index (χ3n) is 4.89. The number of rotatable bonds is 4. The van der Waals surface area contributed by atoms with Gasteiger partial charge in [0.1, 0.15) is 11.5 Å². The molecule has 2 nitrogen and oxygen atoms in total. The van der Waals surface area contributed by atoms with Gasteiger partial charge in [-0.25, -0.2) is 17.6 Å². The number of halogens is 6. The van der Waals surface area contributed by atoms with Gasteiger partial charge in [0.05, 0.1) is 0 Å². The molecule has 30 heavy (non-hydrogen) atoms. The lowest BCUT2D eigenvalue weighted by molar-refractivity contribution is 0.376. The Morgan fingerprint density at radius 2 is 0.700 bits per heavy atom. The molecule has 8 heteroatoms. The second-order valence-corrected chi connectivity index (χ2v) is 6.72. The zero-order valence-corrected chi connectivity index (χ0v) is 16.4. The molecule has 0 aromatic heterocycles. The Morgan fingerprint density at radius 3 is 1.00 bits per heavy atom. The van der Waals surface area contributed by atoms with Gasteiger partial charge in [0, 0.05) is 0 Å². The summed E-state index contributed by atoms with van der Waals surface area (Å²) < 4.78 is 94.6. The molecule has 3 aromatic rings. The molecule has 0 radical (unpaired) electrons. The lowest BCUT2D eigenvalue weighted by atomic mass is 10.1. The van der Waals surface area contributed by atoms with Crippen LogP contribution in [0.2, 0.25) is 0 Å². The second-order valence-electron chi connectivity index (χ2n) is 6.72. The first kappa shape index (κ1) is 21.5. The van der Waals surface area contributed by atoms with Crippen molar-refractivity contribution >= 4 is 0 Å². The molecule has 3 aromatic carbocycles. The Balaban J connectivity index is 1.90. The minimum Gasteiger partial charge on any atom is -0.451 e. The normalized spacial score (nSPS) is 11.0. The van der Waals surface area contributed by atoms with Crippen molar-refractivity contribution in [1.29, 1.82) is 0 Å². The predicted octanol–water partition coefficient (Wildman–Crippen LogP) is 7.34. The minimum atomic E-state index is -1.48. The first-order chi connectivity index (χ1) is 14.0. The summed E-state index contributed by atoms with van der Waals surface area (Å²) in [4.78, 5) is 0. The molecule has 0 saturated heterocycles. The van der Waals surface area contributed by atoms with Gasteiger partial charge in [-0.3, -0.25) is 0 Å². The lowest BCUT2D eigenvalue weighted by Crippen LogP contribution is -2.03. The summed E-state index contributed by atoms with van der Waals surface area (Å²) in [5, 5.41) is 0. The molecule has 0 amide bonds. The maximum absolute atomic E-state index is 14.3. The van der Waals surface area contributed by atoms with Crippen molar-refractivity contribution in [3.8, 4) is 23.0 Å². The highest BCUT2D eigenvalue weighted by Crippen LogP contribution is 2.36. The van der Waals surface area contributed by atoms with E-state index in [0.29, 0.717) is 0 Å². The monoisotopic (exact) mass is 426 g/mol. The van der Waals surface area contributed by atoms with Crippen LogP contribution in [-0.4, -0.2) is 0 Å². The summed E-state index contributed by atoms with van der Waals surface area (Å²) in [5.41, 5.74) is -0.560. The van der Waals surface area contributed by atoms with E-state index in [1.165, 1.54) is 52.0 Å². The maximum Gasteiger partial charge on any atom is 0.204 e. The molecule has 0 aliphatic rings. The molecular formula is C22H16F6O2. The SMILES string of the molecule is Cc1c(C)c(F)c(Oc2ccc(Oc3c(F)c(C)c(C)c(F)c3F)cc2)c(F)c1F. The van der Waals surface area contributed by atoms with Crippen molar-refractivity contribution in [1.82, 2.24) is 0 Å². The fraction of sp³-hybridized carbons (Fsp3) is 0.182. The Morgan fingerprint density at radius 1 is 0.433 bits per heavy atom. The van der Waals surface area contributed by atoms with Crippen molar-refractivity contribution in [2.75, 3.05) is 0 Å². The molecule has 0 saturated carbocycles. The molecule has 0 N–H and O–H groups in total. The fourth-order valence-corrected chi connectivity index (χ4v) is 2.71. The lowest BCUT2D eigenvalue weighted by Gasteiger charge is -2.14. The fourth-order valence-electron chi connectivity index (χ4n) is 2.71. The van der Waals surface area contributed by atoms with Crippen molar-refractivity contribution in [3.63, 3.8) is 0 Å². The van der Waals surface area contributed by atoms with Crippen molar-refractivity contribution in [3.05, 3.63) is 81.4 Å². The first-order valence-corrected chi connectivity index (χ1v) is 8.77. The summed E-state index contributed by atoms with van der Waals surface area (Å²) in [6, 6.07) is 4.76. The quantitative estimate of drug-likeness (QED) is 0.321. The average Bonchev–Trinajstić information content (AvgIpc) is 2.75. The number of benzene rings is 3. The predicted molar refractivity (Wildman–Crippen MR) is 98.2 cm³/mol. The summed E-state index contributed by atoms with van der Waals surface area (Å²) in [7, 11) is 0. The zero-order valence-electron chi connectivity index (χ0n) is 16.4.